The van der Waals surface area contributed by atoms with E-state index in [9.17, 15) is 9.59 Å². The Morgan fingerprint density at radius 1 is 1.04 bits per heavy atom. The van der Waals surface area contributed by atoms with Crippen LogP contribution in [-0.4, -0.2) is 24.5 Å². The van der Waals surface area contributed by atoms with Crippen LogP contribution in [0, 0.1) is 12.8 Å². The van der Waals surface area contributed by atoms with Crippen LogP contribution in [0.1, 0.15) is 41.6 Å². The Hall–Kier alpha value is -2.86. The summed E-state index contributed by atoms with van der Waals surface area (Å²) in [5.41, 5.74) is 8.60. The summed E-state index contributed by atoms with van der Waals surface area (Å²) in [7, 11) is 0. The molecule has 6 nitrogen and oxygen atoms in total. The Bertz CT molecular complexity index is 823. The number of amides is 3. The van der Waals surface area contributed by atoms with Gasteiger partial charge in [0.1, 0.15) is 0 Å². The van der Waals surface area contributed by atoms with Crippen molar-refractivity contribution in [3.63, 3.8) is 0 Å². The van der Waals surface area contributed by atoms with Crippen LogP contribution in [-0.2, 0) is 0 Å². The van der Waals surface area contributed by atoms with Gasteiger partial charge in [-0.05, 0) is 62.1 Å². The van der Waals surface area contributed by atoms with Crippen molar-refractivity contribution < 1.29 is 9.59 Å². The monoisotopic (exact) mass is 380 g/mol. The number of carbonyl (C=O) groups is 2. The molecular weight excluding hydrogens is 352 g/mol. The van der Waals surface area contributed by atoms with E-state index in [0.29, 0.717) is 29.4 Å². The van der Waals surface area contributed by atoms with Crippen molar-refractivity contribution in [1.29, 1.82) is 0 Å². The molecule has 0 aromatic heterocycles. The van der Waals surface area contributed by atoms with Crippen molar-refractivity contribution in [3.8, 4) is 0 Å². The lowest BCUT2D eigenvalue weighted by Crippen LogP contribution is -2.44. The molecular formula is C22H28N4O2. The highest BCUT2D eigenvalue weighted by Gasteiger charge is 2.25. The molecule has 5 N–H and O–H groups in total. The lowest BCUT2D eigenvalue weighted by Gasteiger charge is -2.31. The number of hydrogen-bond donors (Lipinski definition) is 4. The van der Waals surface area contributed by atoms with Gasteiger partial charge in [-0.1, -0.05) is 37.1 Å². The zero-order valence-corrected chi connectivity index (χ0v) is 16.2. The van der Waals surface area contributed by atoms with E-state index in [2.05, 4.69) is 16.0 Å². The largest absolute Gasteiger partial charge is 0.349 e. The molecule has 28 heavy (non-hydrogen) atoms. The zero-order chi connectivity index (χ0) is 19.9. The first kappa shape index (κ1) is 19.9. The van der Waals surface area contributed by atoms with Crippen LogP contribution in [0.25, 0.3) is 0 Å². The van der Waals surface area contributed by atoms with Gasteiger partial charge in [0, 0.05) is 23.0 Å². The van der Waals surface area contributed by atoms with Gasteiger partial charge in [-0.25, -0.2) is 4.79 Å². The second kappa shape index (κ2) is 9.37. The molecule has 0 radical (unpaired) electrons. The molecule has 6 heteroatoms. The van der Waals surface area contributed by atoms with E-state index in [1.165, 1.54) is 6.42 Å². The molecule has 2 aromatic carbocycles. The molecule has 0 aliphatic heterocycles. The summed E-state index contributed by atoms with van der Waals surface area (Å²) < 4.78 is 0. The SMILES string of the molecule is Cc1ccc(C(=O)NC2CCCCC2CN)cc1NC(=O)Nc1ccccc1. The third-order valence-electron chi connectivity index (χ3n) is 5.31. The van der Waals surface area contributed by atoms with Crippen molar-refractivity contribution in [2.45, 2.75) is 38.6 Å². The standard InChI is InChI=1S/C22H28N4O2/c1-15-11-12-16(21(27)25-19-10-6-5-7-17(19)14-23)13-20(15)26-22(28)24-18-8-3-2-4-9-18/h2-4,8-9,11-13,17,19H,5-7,10,14,23H2,1H3,(H,25,27)(H2,24,26,28). The summed E-state index contributed by atoms with van der Waals surface area (Å²) in [6.45, 7) is 2.48. The Kier molecular flexibility index (Phi) is 6.66. The fourth-order valence-corrected chi connectivity index (χ4v) is 3.64. The summed E-state index contributed by atoms with van der Waals surface area (Å²) in [6, 6.07) is 14.3. The molecule has 2 atom stereocenters. The summed E-state index contributed by atoms with van der Waals surface area (Å²) in [4.78, 5) is 25.0. The Morgan fingerprint density at radius 3 is 2.54 bits per heavy atom. The van der Waals surface area contributed by atoms with Gasteiger partial charge in [0.25, 0.3) is 5.91 Å². The van der Waals surface area contributed by atoms with E-state index in [4.69, 9.17) is 5.73 Å². The lowest BCUT2D eigenvalue weighted by atomic mass is 9.84. The van der Waals surface area contributed by atoms with E-state index >= 15 is 0 Å². The predicted molar refractivity (Wildman–Crippen MR) is 113 cm³/mol. The maximum atomic E-state index is 12.7. The van der Waals surface area contributed by atoms with Gasteiger partial charge in [-0.2, -0.15) is 0 Å². The quantitative estimate of drug-likeness (QED) is 0.634. The fraction of sp³-hybridized carbons (Fsp3) is 0.364. The molecule has 3 amide bonds. The van der Waals surface area contributed by atoms with Gasteiger partial charge in [0.05, 0.1) is 0 Å². The summed E-state index contributed by atoms with van der Waals surface area (Å²) in [5.74, 6) is 0.203. The third kappa shape index (κ3) is 5.10. The maximum absolute atomic E-state index is 12.7. The molecule has 1 fully saturated rings. The molecule has 0 saturated heterocycles. The van der Waals surface area contributed by atoms with Gasteiger partial charge in [0.15, 0.2) is 0 Å². The number of urea groups is 1. The van der Waals surface area contributed by atoms with Crippen LogP contribution < -0.4 is 21.7 Å². The van der Waals surface area contributed by atoms with E-state index in [0.717, 1.165) is 24.8 Å². The highest BCUT2D eigenvalue weighted by Crippen LogP contribution is 2.24. The van der Waals surface area contributed by atoms with Crippen LogP contribution >= 0.6 is 0 Å². The van der Waals surface area contributed by atoms with E-state index in [-0.39, 0.29) is 18.0 Å². The van der Waals surface area contributed by atoms with Crippen LogP contribution in [0.15, 0.2) is 48.5 Å². The third-order valence-corrected chi connectivity index (χ3v) is 5.31. The minimum atomic E-state index is -0.345. The first-order valence-corrected chi connectivity index (χ1v) is 9.81. The molecule has 1 saturated carbocycles. The number of benzene rings is 2. The molecule has 1 aliphatic rings. The minimum Gasteiger partial charge on any atom is -0.349 e. The van der Waals surface area contributed by atoms with E-state index < -0.39 is 0 Å². The number of carbonyl (C=O) groups excluding carboxylic acids is 2. The number of anilines is 2. The van der Waals surface area contributed by atoms with Crippen LogP contribution in [0.4, 0.5) is 16.2 Å². The molecule has 1 aliphatic carbocycles. The van der Waals surface area contributed by atoms with Gasteiger partial charge in [-0.15, -0.1) is 0 Å². The summed E-state index contributed by atoms with van der Waals surface area (Å²) >= 11 is 0. The normalized spacial score (nSPS) is 18.9. The lowest BCUT2D eigenvalue weighted by molar-refractivity contribution is 0.0908. The van der Waals surface area contributed by atoms with Crippen molar-refractivity contribution in [3.05, 3.63) is 59.7 Å². The summed E-state index contributed by atoms with van der Waals surface area (Å²) in [6.07, 6.45) is 4.30. The van der Waals surface area contributed by atoms with Crippen LogP contribution in [0.3, 0.4) is 0 Å². The zero-order valence-electron chi connectivity index (χ0n) is 16.2. The minimum absolute atomic E-state index is 0.116. The van der Waals surface area contributed by atoms with E-state index in [1.54, 1.807) is 12.1 Å². The molecule has 148 valence electrons. The highest BCUT2D eigenvalue weighted by atomic mass is 16.2. The Labute approximate surface area is 165 Å². The van der Waals surface area contributed by atoms with Crippen LogP contribution in [0.5, 0.6) is 0 Å². The average Bonchev–Trinajstić information content (AvgIpc) is 2.70. The van der Waals surface area contributed by atoms with Crippen LogP contribution in [0.2, 0.25) is 0 Å². The Balaban J connectivity index is 1.66. The van der Waals surface area contributed by atoms with Gasteiger partial charge in [-0.3, -0.25) is 4.79 Å². The molecule has 2 unspecified atom stereocenters. The topological polar surface area (TPSA) is 96.2 Å². The second-order valence-electron chi connectivity index (χ2n) is 7.34. The number of hydrogen-bond acceptors (Lipinski definition) is 3. The van der Waals surface area contributed by atoms with Gasteiger partial charge >= 0.3 is 6.03 Å². The molecule has 2 aromatic rings. The van der Waals surface area contributed by atoms with Gasteiger partial charge < -0.3 is 21.7 Å². The molecule has 0 bridgehead atoms. The number of nitrogens with one attached hydrogen (secondary N) is 3. The van der Waals surface area contributed by atoms with Gasteiger partial charge in [0.2, 0.25) is 0 Å². The molecule has 0 heterocycles. The number of nitrogens with two attached hydrogens (primary N) is 1. The average molecular weight is 380 g/mol. The van der Waals surface area contributed by atoms with Crippen molar-refractivity contribution in [2.24, 2.45) is 11.7 Å². The van der Waals surface area contributed by atoms with Crippen molar-refractivity contribution in [1.82, 2.24) is 5.32 Å². The smallest absolute Gasteiger partial charge is 0.323 e. The first-order valence-electron chi connectivity index (χ1n) is 9.81. The molecule has 3 rings (SSSR count). The number of para-hydroxylation sites is 1. The summed E-state index contributed by atoms with van der Waals surface area (Å²) in [5, 5.41) is 8.74. The molecule has 0 spiro atoms. The number of aryl methyl sites for hydroxylation is 1. The Morgan fingerprint density at radius 2 is 1.79 bits per heavy atom. The number of rotatable bonds is 5. The first-order chi connectivity index (χ1) is 13.6. The van der Waals surface area contributed by atoms with E-state index in [1.807, 2.05) is 43.3 Å². The van der Waals surface area contributed by atoms with Crippen molar-refractivity contribution in [2.75, 3.05) is 17.2 Å². The maximum Gasteiger partial charge on any atom is 0.323 e. The highest BCUT2D eigenvalue weighted by molar-refractivity contribution is 6.02. The fourth-order valence-electron chi connectivity index (χ4n) is 3.64. The second-order valence-corrected chi connectivity index (χ2v) is 7.34. The van der Waals surface area contributed by atoms with Crippen molar-refractivity contribution >= 4 is 23.3 Å². The predicted octanol–water partition coefficient (Wildman–Crippen LogP) is 3.89.